The molecule has 6 heteroatoms. The van der Waals surface area contributed by atoms with Crippen molar-refractivity contribution in [1.29, 1.82) is 0 Å². The predicted molar refractivity (Wildman–Crippen MR) is 60.3 cm³/mol. The Morgan fingerprint density at radius 1 is 1.25 bits per heavy atom. The van der Waals surface area contributed by atoms with Gasteiger partial charge in [-0.15, -0.1) is 0 Å². The highest BCUT2D eigenvalue weighted by Crippen LogP contribution is 2.30. The molecular formula is C10H5Cl2NO3. The highest BCUT2D eigenvalue weighted by molar-refractivity contribution is 6.45. The van der Waals surface area contributed by atoms with Gasteiger partial charge in [-0.2, -0.15) is 0 Å². The molecule has 0 aliphatic carbocycles. The van der Waals surface area contributed by atoms with Crippen LogP contribution in [0.4, 0.5) is 0 Å². The number of carbonyl (C=O) groups excluding carboxylic acids is 1. The maximum absolute atomic E-state index is 11.3. The molecule has 2 aromatic rings. The minimum atomic E-state index is -1.52. The summed E-state index contributed by atoms with van der Waals surface area (Å²) < 4.78 is 0. The fourth-order valence-corrected chi connectivity index (χ4v) is 2.07. The number of hydrogen-bond acceptors (Lipinski definition) is 2. The van der Waals surface area contributed by atoms with Crippen LogP contribution in [-0.4, -0.2) is 21.8 Å². The lowest BCUT2D eigenvalue weighted by molar-refractivity contribution is -0.131. The largest absolute Gasteiger partial charge is 0.475 e. The Morgan fingerprint density at radius 3 is 2.56 bits per heavy atom. The van der Waals surface area contributed by atoms with E-state index in [2.05, 4.69) is 4.98 Å². The van der Waals surface area contributed by atoms with Crippen LogP contribution in [0, 0.1) is 0 Å². The van der Waals surface area contributed by atoms with Crippen LogP contribution in [-0.2, 0) is 4.79 Å². The summed E-state index contributed by atoms with van der Waals surface area (Å²) in [6.07, 6.45) is 1.31. The summed E-state index contributed by atoms with van der Waals surface area (Å²) >= 11 is 11.7. The summed E-state index contributed by atoms with van der Waals surface area (Å²) in [6, 6.07) is 3.03. The molecule has 4 nitrogen and oxygen atoms in total. The highest BCUT2D eigenvalue weighted by Gasteiger charge is 2.20. The molecule has 0 saturated heterocycles. The minimum absolute atomic E-state index is 0.0316. The van der Waals surface area contributed by atoms with Gasteiger partial charge >= 0.3 is 5.97 Å². The second-order valence-electron chi connectivity index (χ2n) is 3.15. The van der Waals surface area contributed by atoms with Crippen LogP contribution >= 0.6 is 23.2 Å². The van der Waals surface area contributed by atoms with Crippen molar-refractivity contribution >= 4 is 45.9 Å². The van der Waals surface area contributed by atoms with E-state index in [9.17, 15) is 9.59 Å². The number of rotatable bonds is 2. The van der Waals surface area contributed by atoms with E-state index in [4.69, 9.17) is 28.3 Å². The third-order valence-corrected chi connectivity index (χ3v) is 2.65. The maximum Gasteiger partial charge on any atom is 0.377 e. The number of benzene rings is 1. The predicted octanol–water partition coefficient (Wildman–Crippen LogP) is 2.74. The lowest BCUT2D eigenvalue weighted by Gasteiger charge is -1.98. The van der Waals surface area contributed by atoms with Crippen molar-refractivity contribution in [2.45, 2.75) is 0 Å². The number of halogens is 2. The van der Waals surface area contributed by atoms with Crippen molar-refractivity contribution in [1.82, 2.24) is 4.98 Å². The van der Waals surface area contributed by atoms with Crippen LogP contribution in [0.25, 0.3) is 10.9 Å². The summed E-state index contributed by atoms with van der Waals surface area (Å²) in [7, 11) is 0. The van der Waals surface area contributed by atoms with Gasteiger partial charge in [0, 0.05) is 22.1 Å². The molecule has 0 atom stereocenters. The lowest BCUT2D eigenvalue weighted by Crippen LogP contribution is -2.12. The molecular weight excluding hydrogens is 253 g/mol. The molecule has 0 spiro atoms. The molecule has 82 valence electrons. The SMILES string of the molecule is O=C(O)C(=O)c1c[nH]c2cc(Cl)cc(Cl)c12. The number of Topliss-reactive ketones (excluding diaryl/α,β-unsaturated/α-hetero) is 1. The Kier molecular flexibility index (Phi) is 2.61. The minimum Gasteiger partial charge on any atom is -0.475 e. The Bertz CT molecular complexity index is 603. The van der Waals surface area contributed by atoms with Crippen LogP contribution in [0.2, 0.25) is 10.0 Å². The number of carboxylic acids is 1. The van der Waals surface area contributed by atoms with Crippen LogP contribution in [0.5, 0.6) is 0 Å². The van der Waals surface area contributed by atoms with Crippen LogP contribution in [0.3, 0.4) is 0 Å². The molecule has 0 radical (unpaired) electrons. The van der Waals surface area contributed by atoms with E-state index in [-0.39, 0.29) is 10.6 Å². The normalized spacial score (nSPS) is 10.6. The second-order valence-corrected chi connectivity index (χ2v) is 3.99. The number of aliphatic carboxylic acids is 1. The zero-order valence-corrected chi connectivity index (χ0v) is 9.26. The topological polar surface area (TPSA) is 70.2 Å². The van der Waals surface area contributed by atoms with E-state index in [0.29, 0.717) is 15.9 Å². The average Bonchev–Trinajstić information content (AvgIpc) is 2.59. The summed E-state index contributed by atoms with van der Waals surface area (Å²) in [5, 5.41) is 9.65. The number of carboxylic acid groups (broad SMARTS) is 1. The van der Waals surface area contributed by atoms with Gasteiger partial charge < -0.3 is 10.1 Å². The summed E-state index contributed by atoms with van der Waals surface area (Å²) in [4.78, 5) is 24.7. The van der Waals surface area contributed by atoms with Gasteiger partial charge in [0.1, 0.15) is 0 Å². The summed E-state index contributed by atoms with van der Waals surface area (Å²) in [6.45, 7) is 0. The van der Waals surface area contributed by atoms with Crippen molar-refractivity contribution in [2.24, 2.45) is 0 Å². The first kappa shape index (κ1) is 11.0. The standard InChI is InChI=1S/C10H5Cl2NO3/c11-4-1-6(12)8-5(9(14)10(15)16)3-13-7(8)2-4/h1-3,13H,(H,15,16). The first-order valence-electron chi connectivity index (χ1n) is 4.24. The van der Waals surface area contributed by atoms with Crippen molar-refractivity contribution in [2.75, 3.05) is 0 Å². The van der Waals surface area contributed by atoms with Gasteiger partial charge in [0.25, 0.3) is 5.78 Å². The van der Waals surface area contributed by atoms with Gasteiger partial charge in [0.05, 0.1) is 10.6 Å². The zero-order valence-electron chi connectivity index (χ0n) is 7.75. The fourth-order valence-electron chi connectivity index (χ4n) is 1.48. The number of fused-ring (bicyclic) bond motifs is 1. The van der Waals surface area contributed by atoms with Crippen molar-refractivity contribution < 1.29 is 14.7 Å². The van der Waals surface area contributed by atoms with Gasteiger partial charge in [-0.3, -0.25) is 4.79 Å². The molecule has 1 aromatic carbocycles. The Labute approximate surface area is 99.8 Å². The van der Waals surface area contributed by atoms with Crippen LogP contribution in [0.1, 0.15) is 10.4 Å². The third kappa shape index (κ3) is 1.66. The van der Waals surface area contributed by atoms with Gasteiger partial charge in [0.15, 0.2) is 0 Å². The van der Waals surface area contributed by atoms with Crippen molar-refractivity contribution in [3.63, 3.8) is 0 Å². The summed E-state index contributed by atoms with van der Waals surface area (Å²) in [5.41, 5.74) is 0.561. The van der Waals surface area contributed by atoms with Gasteiger partial charge in [0.2, 0.25) is 0 Å². The number of H-pyrrole nitrogens is 1. The molecule has 0 bridgehead atoms. The van der Waals surface area contributed by atoms with Crippen LogP contribution < -0.4 is 0 Å². The number of aromatic nitrogens is 1. The molecule has 1 heterocycles. The van der Waals surface area contributed by atoms with Crippen molar-refractivity contribution in [3.8, 4) is 0 Å². The molecule has 0 saturated carbocycles. The Hall–Kier alpha value is -1.52. The Balaban J connectivity index is 2.74. The molecule has 0 fully saturated rings. The average molecular weight is 258 g/mol. The first-order chi connectivity index (χ1) is 7.50. The Morgan fingerprint density at radius 2 is 1.94 bits per heavy atom. The number of aromatic amines is 1. The second kappa shape index (κ2) is 3.81. The number of carbonyl (C=O) groups is 2. The number of nitrogens with one attached hydrogen (secondary N) is 1. The van der Waals surface area contributed by atoms with Crippen LogP contribution in [0.15, 0.2) is 18.3 Å². The molecule has 16 heavy (non-hydrogen) atoms. The van der Waals surface area contributed by atoms with E-state index >= 15 is 0 Å². The zero-order chi connectivity index (χ0) is 11.9. The molecule has 1 aromatic heterocycles. The highest BCUT2D eigenvalue weighted by atomic mass is 35.5. The van der Waals surface area contributed by atoms with E-state index in [1.807, 2.05) is 0 Å². The van der Waals surface area contributed by atoms with Gasteiger partial charge in [-0.05, 0) is 12.1 Å². The third-order valence-electron chi connectivity index (χ3n) is 2.14. The van der Waals surface area contributed by atoms with Crippen molar-refractivity contribution in [3.05, 3.63) is 33.9 Å². The van der Waals surface area contributed by atoms with E-state index in [0.717, 1.165) is 0 Å². The summed E-state index contributed by atoms with van der Waals surface area (Å²) in [5.74, 6) is -2.53. The number of ketones is 1. The molecule has 2 rings (SSSR count). The molecule has 0 aliphatic heterocycles. The maximum atomic E-state index is 11.3. The molecule has 2 N–H and O–H groups in total. The molecule has 0 unspecified atom stereocenters. The van der Waals surface area contributed by atoms with E-state index < -0.39 is 11.8 Å². The number of hydrogen-bond donors (Lipinski definition) is 2. The smallest absolute Gasteiger partial charge is 0.377 e. The van der Waals surface area contributed by atoms with E-state index in [1.165, 1.54) is 12.3 Å². The fraction of sp³-hybridized carbons (Fsp3) is 0. The first-order valence-corrected chi connectivity index (χ1v) is 5.00. The lowest BCUT2D eigenvalue weighted by atomic mass is 10.1. The van der Waals surface area contributed by atoms with Gasteiger partial charge in [-0.25, -0.2) is 4.79 Å². The molecule has 0 aliphatic rings. The monoisotopic (exact) mass is 257 g/mol. The quantitative estimate of drug-likeness (QED) is 0.642. The van der Waals surface area contributed by atoms with Gasteiger partial charge in [-0.1, -0.05) is 23.2 Å². The molecule has 0 amide bonds. The van der Waals surface area contributed by atoms with E-state index in [1.54, 1.807) is 6.07 Å².